The Morgan fingerprint density at radius 1 is 0.658 bits per heavy atom. The minimum atomic E-state index is -2.29. The first-order valence-corrected chi connectivity index (χ1v) is 11.9. The van der Waals surface area contributed by atoms with E-state index in [1.54, 1.807) is 13.8 Å². The number of amides is 2. The van der Waals surface area contributed by atoms with Crippen molar-refractivity contribution in [1.82, 2.24) is 10.6 Å². The summed E-state index contributed by atoms with van der Waals surface area (Å²) in [6.45, 7) is 3.17. The van der Waals surface area contributed by atoms with Gasteiger partial charge in [-0.25, -0.2) is 9.59 Å². The normalized spacial score (nSPS) is 13.9. The van der Waals surface area contributed by atoms with Crippen LogP contribution < -0.4 is 10.6 Å². The number of phenols is 2. The molecule has 0 saturated carbocycles. The summed E-state index contributed by atoms with van der Waals surface area (Å²) in [4.78, 5) is 50.0. The van der Waals surface area contributed by atoms with Gasteiger partial charge in [-0.2, -0.15) is 0 Å². The van der Waals surface area contributed by atoms with Crippen molar-refractivity contribution in [1.29, 1.82) is 0 Å². The summed E-state index contributed by atoms with van der Waals surface area (Å²) >= 11 is 0. The molecule has 2 aromatic carbocycles. The van der Waals surface area contributed by atoms with Gasteiger partial charge >= 0.3 is 11.9 Å². The fraction of sp³-hybridized carbons (Fsp3) is 0.385. The molecule has 0 aliphatic heterocycles. The van der Waals surface area contributed by atoms with Crippen molar-refractivity contribution >= 4 is 23.8 Å². The molecular weight excluding hydrogens is 500 g/mol. The lowest BCUT2D eigenvalue weighted by molar-refractivity contribution is -0.153. The van der Waals surface area contributed by atoms with E-state index >= 15 is 0 Å². The van der Waals surface area contributed by atoms with E-state index in [4.69, 9.17) is 9.47 Å². The molecule has 2 aromatic rings. The standard InChI is InChI=1S/C26H32N2O10/c1-3-37-25(35)19(13-15-5-9-17(29)10-6-15)27-23(33)21(31)22(32)24(34)28-20(26(36)38-4-2)14-16-7-11-18(30)12-8-16/h5-12,19-22,29-32H,3-4,13-14H2,1-2H3,(H,27,33)(H,28,34)/t19-,20-,21-,22-/m0/s1. The van der Waals surface area contributed by atoms with Gasteiger partial charge in [0.1, 0.15) is 23.6 Å². The largest absolute Gasteiger partial charge is 0.508 e. The Morgan fingerprint density at radius 3 is 1.26 bits per heavy atom. The average molecular weight is 533 g/mol. The van der Waals surface area contributed by atoms with E-state index in [0.29, 0.717) is 11.1 Å². The van der Waals surface area contributed by atoms with Crippen LogP contribution in [-0.2, 0) is 41.5 Å². The van der Waals surface area contributed by atoms with E-state index < -0.39 is 48.0 Å². The van der Waals surface area contributed by atoms with Crippen LogP contribution in [0.5, 0.6) is 11.5 Å². The number of hydrogen-bond acceptors (Lipinski definition) is 10. The van der Waals surface area contributed by atoms with Crippen LogP contribution in [0.25, 0.3) is 0 Å². The van der Waals surface area contributed by atoms with Crippen molar-refractivity contribution in [3.63, 3.8) is 0 Å². The van der Waals surface area contributed by atoms with E-state index in [0.717, 1.165) is 0 Å². The number of aliphatic hydroxyl groups is 2. The molecule has 0 aliphatic rings. The molecule has 0 bridgehead atoms. The first-order chi connectivity index (χ1) is 18.0. The highest BCUT2D eigenvalue weighted by Crippen LogP contribution is 2.14. The second-order valence-electron chi connectivity index (χ2n) is 8.26. The van der Waals surface area contributed by atoms with Gasteiger partial charge in [0, 0.05) is 12.8 Å². The van der Waals surface area contributed by atoms with Crippen molar-refractivity contribution in [2.45, 2.75) is 51.0 Å². The van der Waals surface area contributed by atoms with Crippen molar-refractivity contribution < 1.29 is 49.1 Å². The zero-order valence-electron chi connectivity index (χ0n) is 21.0. The zero-order valence-corrected chi connectivity index (χ0v) is 21.0. The van der Waals surface area contributed by atoms with Gasteiger partial charge in [-0.1, -0.05) is 24.3 Å². The highest BCUT2D eigenvalue weighted by atomic mass is 16.5. The molecule has 206 valence electrons. The lowest BCUT2D eigenvalue weighted by Crippen LogP contribution is -2.56. The summed E-state index contributed by atoms with van der Waals surface area (Å²) in [5.41, 5.74) is 1.11. The molecule has 38 heavy (non-hydrogen) atoms. The second-order valence-corrected chi connectivity index (χ2v) is 8.26. The number of benzene rings is 2. The predicted molar refractivity (Wildman–Crippen MR) is 133 cm³/mol. The van der Waals surface area contributed by atoms with Crippen LogP contribution in [0.4, 0.5) is 0 Å². The molecule has 0 heterocycles. The van der Waals surface area contributed by atoms with Crippen LogP contribution >= 0.6 is 0 Å². The van der Waals surface area contributed by atoms with E-state index in [2.05, 4.69) is 10.6 Å². The molecule has 0 spiro atoms. The number of carbonyl (C=O) groups is 4. The molecule has 0 saturated heterocycles. The van der Waals surface area contributed by atoms with Gasteiger partial charge in [0.05, 0.1) is 13.2 Å². The Bertz CT molecular complexity index is 1000. The predicted octanol–water partition coefficient (Wildman–Crippen LogP) is -0.299. The highest BCUT2D eigenvalue weighted by Gasteiger charge is 2.35. The van der Waals surface area contributed by atoms with Gasteiger partial charge in [-0.3, -0.25) is 9.59 Å². The van der Waals surface area contributed by atoms with E-state index in [1.165, 1.54) is 48.5 Å². The third kappa shape index (κ3) is 9.05. The molecule has 0 radical (unpaired) electrons. The molecule has 0 aromatic heterocycles. The first-order valence-electron chi connectivity index (χ1n) is 11.9. The number of ether oxygens (including phenoxy) is 2. The lowest BCUT2D eigenvalue weighted by Gasteiger charge is -2.23. The van der Waals surface area contributed by atoms with Crippen molar-refractivity contribution in [3.8, 4) is 11.5 Å². The van der Waals surface area contributed by atoms with Crippen molar-refractivity contribution in [3.05, 3.63) is 59.7 Å². The van der Waals surface area contributed by atoms with Gasteiger partial charge in [0.15, 0.2) is 12.2 Å². The van der Waals surface area contributed by atoms with Crippen LogP contribution in [0.3, 0.4) is 0 Å². The third-order valence-electron chi connectivity index (χ3n) is 5.36. The van der Waals surface area contributed by atoms with Crippen molar-refractivity contribution in [2.24, 2.45) is 0 Å². The van der Waals surface area contributed by atoms with E-state index in [1.807, 2.05) is 0 Å². The maximum atomic E-state index is 12.6. The van der Waals surface area contributed by atoms with E-state index in [9.17, 15) is 39.6 Å². The maximum Gasteiger partial charge on any atom is 0.328 e. The molecule has 2 rings (SSSR count). The Hall–Kier alpha value is -4.16. The first kappa shape index (κ1) is 30.1. The Balaban J connectivity index is 2.09. The van der Waals surface area contributed by atoms with Crippen molar-refractivity contribution in [2.75, 3.05) is 13.2 Å². The number of rotatable bonds is 13. The molecule has 0 aliphatic carbocycles. The minimum Gasteiger partial charge on any atom is -0.508 e. The number of nitrogens with one attached hydrogen (secondary N) is 2. The molecule has 2 amide bonds. The topological polar surface area (TPSA) is 192 Å². The summed E-state index contributed by atoms with van der Waals surface area (Å²) < 4.78 is 9.92. The van der Waals surface area contributed by atoms with Crippen LogP contribution in [0.15, 0.2) is 48.5 Å². The summed E-state index contributed by atoms with van der Waals surface area (Å²) in [5.74, 6) is -4.07. The van der Waals surface area contributed by atoms with Crippen LogP contribution in [-0.4, -0.2) is 81.7 Å². The molecule has 0 unspecified atom stereocenters. The number of hydrogen-bond donors (Lipinski definition) is 6. The SMILES string of the molecule is CCOC(=O)[C@H](Cc1ccc(O)cc1)NC(=O)[C@@H](O)[C@H](O)C(=O)N[C@@H](Cc1ccc(O)cc1)C(=O)OCC. The Morgan fingerprint density at radius 2 is 0.974 bits per heavy atom. The van der Waals surface area contributed by atoms with E-state index in [-0.39, 0.29) is 37.6 Å². The summed E-state index contributed by atoms with van der Waals surface area (Å²) in [5, 5.41) is 44.1. The van der Waals surface area contributed by atoms with Gasteiger partial charge in [0.25, 0.3) is 11.8 Å². The summed E-state index contributed by atoms with van der Waals surface area (Å²) in [7, 11) is 0. The van der Waals surface area contributed by atoms with Gasteiger partial charge in [0.2, 0.25) is 0 Å². The molecule has 6 N–H and O–H groups in total. The highest BCUT2D eigenvalue weighted by molar-refractivity contribution is 5.94. The van der Waals surface area contributed by atoms with Crippen LogP contribution in [0.1, 0.15) is 25.0 Å². The smallest absolute Gasteiger partial charge is 0.328 e. The number of aliphatic hydroxyl groups excluding tert-OH is 2. The molecule has 4 atom stereocenters. The molecule has 12 heteroatoms. The molecule has 0 fully saturated rings. The monoisotopic (exact) mass is 532 g/mol. The maximum absolute atomic E-state index is 12.6. The minimum absolute atomic E-state index is 0.00145. The number of phenolic OH excluding ortho intramolecular Hbond substituents is 2. The van der Waals surface area contributed by atoms with Crippen LogP contribution in [0.2, 0.25) is 0 Å². The quantitative estimate of drug-likeness (QED) is 0.187. The fourth-order valence-corrected chi connectivity index (χ4v) is 3.41. The summed E-state index contributed by atoms with van der Waals surface area (Å²) in [6, 6.07) is 9.12. The van der Waals surface area contributed by atoms with Gasteiger partial charge < -0.3 is 40.5 Å². The van der Waals surface area contributed by atoms with Crippen LogP contribution in [0, 0.1) is 0 Å². The third-order valence-corrected chi connectivity index (χ3v) is 5.36. The number of esters is 2. The lowest BCUT2D eigenvalue weighted by atomic mass is 10.0. The Kier molecular flexibility index (Phi) is 11.5. The number of carbonyl (C=O) groups excluding carboxylic acids is 4. The molecule has 12 nitrogen and oxygen atoms in total. The average Bonchev–Trinajstić information content (AvgIpc) is 2.89. The van der Waals surface area contributed by atoms with Gasteiger partial charge in [-0.05, 0) is 49.2 Å². The number of aromatic hydroxyl groups is 2. The second kappa shape index (κ2) is 14.5. The molecular formula is C26H32N2O10. The van der Waals surface area contributed by atoms with Gasteiger partial charge in [-0.15, -0.1) is 0 Å². The fourth-order valence-electron chi connectivity index (χ4n) is 3.41. The zero-order chi connectivity index (χ0) is 28.2. The summed E-state index contributed by atoms with van der Waals surface area (Å²) in [6.07, 6.45) is -4.69. The Labute approximate surface area is 219 Å².